The van der Waals surface area contributed by atoms with Crippen molar-refractivity contribution in [2.45, 2.75) is 12.5 Å². The molecule has 1 aliphatic carbocycles. The van der Waals surface area contributed by atoms with Crippen molar-refractivity contribution < 1.29 is 4.74 Å². The lowest BCUT2D eigenvalue weighted by atomic mass is 9.96. The Morgan fingerprint density at radius 1 is 1.21 bits per heavy atom. The predicted octanol–water partition coefficient (Wildman–Crippen LogP) is 3.04. The SMILES string of the molecule is COC1C=CC=C(c2ccccc2)C1. The molecule has 1 aliphatic rings. The van der Waals surface area contributed by atoms with Crippen LogP contribution < -0.4 is 0 Å². The van der Waals surface area contributed by atoms with Crippen molar-refractivity contribution in [1.82, 2.24) is 0 Å². The fourth-order valence-corrected chi connectivity index (χ4v) is 1.68. The molecule has 0 radical (unpaired) electrons. The van der Waals surface area contributed by atoms with E-state index in [2.05, 4.69) is 42.5 Å². The van der Waals surface area contributed by atoms with Gasteiger partial charge in [0.1, 0.15) is 0 Å². The van der Waals surface area contributed by atoms with Gasteiger partial charge in [0.2, 0.25) is 0 Å². The zero-order chi connectivity index (χ0) is 9.80. The molecule has 0 saturated heterocycles. The van der Waals surface area contributed by atoms with E-state index in [4.69, 9.17) is 4.74 Å². The normalized spacial score (nSPS) is 20.6. The molecule has 0 aromatic heterocycles. The van der Waals surface area contributed by atoms with E-state index >= 15 is 0 Å². The Kier molecular flexibility index (Phi) is 2.80. The number of allylic oxidation sites excluding steroid dienone is 2. The lowest BCUT2D eigenvalue weighted by Crippen LogP contribution is -2.09. The van der Waals surface area contributed by atoms with Crippen LogP contribution in [0.4, 0.5) is 0 Å². The van der Waals surface area contributed by atoms with Crippen molar-refractivity contribution in [2.75, 3.05) is 7.11 Å². The highest BCUT2D eigenvalue weighted by Gasteiger charge is 2.10. The molecule has 0 N–H and O–H groups in total. The Morgan fingerprint density at radius 2 is 2.00 bits per heavy atom. The van der Waals surface area contributed by atoms with Gasteiger partial charge in [-0.25, -0.2) is 0 Å². The minimum atomic E-state index is 0.232. The molecule has 2 rings (SSSR count). The molecule has 0 amide bonds. The molecule has 0 fully saturated rings. The van der Waals surface area contributed by atoms with Gasteiger partial charge in [-0.05, 0) is 11.1 Å². The van der Waals surface area contributed by atoms with Crippen LogP contribution in [-0.2, 0) is 4.74 Å². The van der Waals surface area contributed by atoms with Gasteiger partial charge in [0.25, 0.3) is 0 Å². The molecular formula is C13H14O. The van der Waals surface area contributed by atoms with E-state index in [0.717, 1.165) is 6.42 Å². The average Bonchev–Trinajstić information content (AvgIpc) is 2.30. The molecule has 1 nitrogen and oxygen atoms in total. The molecule has 0 bridgehead atoms. The fraction of sp³-hybridized carbons (Fsp3) is 0.231. The summed E-state index contributed by atoms with van der Waals surface area (Å²) in [6.45, 7) is 0. The predicted molar refractivity (Wildman–Crippen MR) is 59.0 cm³/mol. The van der Waals surface area contributed by atoms with E-state index in [1.807, 2.05) is 6.07 Å². The second-order valence-corrected chi connectivity index (χ2v) is 3.42. The molecule has 0 aliphatic heterocycles. The summed E-state index contributed by atoms with van der Waals surface area (Å²) in [6.07, 6.45) is 7.52. The van der Waals surface area contributed by atoms with Gasteiger partial charge >= 0.3 is 0 Å². The molecule has 14 heavy (non-hydrogen) atoms. The van der Waals surface area contributed by atoms with Gasteiger partial charge in [-0.2, -0.15) is 0 Å². The van der Waals surface area contributed by atoms with Gasteiger partial charge in [-0.15, -0.1) is 0 Å². The molecule has 0 saturated carbocycles. The Labute approximate surface area is 84.7 Å². The number of hydrogen-bond acceptors (Lipinski definition) is 1. The highest BCUT2D eigenvalue weighted by Crippen LogP contribution is 2.24. The smallest absolute Gasteiger partial charge is 0.0795 e. The first-order valence-electron chi connectivity index (χ1n) is 4.86. The molecule has 72 valence electrons. The lowest BCUT2D eigenvalue weighted by molar-refractivity contribution is 0.144. The maximum atomic E-state index is 5.32. The van der Waals surface area contributed by atoms with Crippen LogP contribution in [0.15, 0.2) is 48.6 Å². The number of hydrogen-bond donors (Lipinski definition) is 0. The first-order valence-corrected chi connectivity index (χ1v) is 4.86. The van der Waals surface area contributed by atoms with Gasteiger partial charge in [0, 0.05) is 13.5 Å². The number of methoxy groups -OCH3 is 1. The van der Waals surface area contributed by atoms with E-state index in [1.165, 1.54) is 11.1 Å². The summed E-state index contributed by atoms with van der Waals surface area (Å²) in [4.78, 5) is 0. The minimum Gasteiger partial charge on any atom is -0.377 e. The third-order valence-corrected chi connectivity index (χ3v) is 2.49. The first-order chi connectivity index (χ1) is 6.90. The summed E-state index contributed by atoms with van der Waals surface area (Å²) in [7, 11) is 1.75. The Balaban J connectivity index is 2.21. The van der Waals surface area contributed by atoms with Gasteiger partial charge < -0.3 is 4.74 Å². The van der Waals surface area contributed by atoms with Crippen LogP contribution in [0.25, 0.3) is 5.57 Å². The van der Waals surface area contributed by atoms with Crippen LogP contribution >= 0.6 is 0 Å². The van der Waals surface area contributed by atoms with Crippen molar-refractivity contribution in [3.05, 3.63) is 54.1 Å². The molecule has 1 aromatic rings. The molecule has 1 atom stereocenters. The second-order valence-electron chi connectivity index (χ2n) is 3.42. The van der Waals surface area contributed by atoms with Crippen molar-refractivity contribution in [3.8, 4) is 0 Å². The lowest BCUT2D eigenvalue weighted by Gasteiger charge is -2.17. The summed E-state index contributed by atoms with van der Waals surface area (Å²) in [6, 6.07) is 10.4. The van der Waals surface area contributed by atoms with Crippen LogP contribution in [0.1, 0.15) is 12.0 Å². The van der Waals surface area contributed by atoms with Crippen molar-refractivity contribution in [1.29, 1.82) is 0 Å². The van der Waals surface area contributed by atoms with E-state index in [1.54, 1.807) is 7.11 Å². The molecule has 0 heterocycles. The maximum absolute atomic E-state index is 5.32. The average molecular weight is 186 g/mol. The number of ether oxygens (including phenoxy) is 1. The van der Waals surface area contributed by atoms with Crippen LogP contribution in [0.2, 0.25) is 0 Å². The third kappa shape index (κ3) is 1.94. The van der Waals surface area contributed by atoms with Crippen LogP contribution in [0.3, 0.4) is 0 Å². The van der Waals surface area contributed by atoms with Crippen molar-refractivity contribution in [3.63, 3.8) is 0 Å². The topological polar surface area (TPSA) is 9.23 Å². The summed E-state index contributed by atoms with van der Waals surface area (Å²) >= 11 is 0. The van der Waals surface area contributed by atoms with E-state index in [9.17, 15) is 0 Å². The summed E-state index contributed by atoms with van der Waals surface area (Å²) in [5.74, 6) is 0. The Morgan fingerprint density at radius 3 is 2.71 bits per heavy atom. The molecule has 1 unspecified atom stereocenters. The standard InChI is InChI=1S/C13H14O/c1-14-13-9-5-8-12(10-13)11-6-3-2-4-7-11/h2-9,13H,10H2,1H3. The first kappa shape index (κ1) is 9.22. The van der Waals surface area contributed by atoms with E-state index in [0.29, 0.717) is 0 Å². The van der Waals surface area contributed by atoms with Gasteiger partial charge in [0.05, 0.1) is 6.10 Å². The molecule has 1 heteroatoms. The second kappa shape index (κ2) is 4.25. The van der Waals surface area contributed by atoms with Crippen molar-refractivity contribution in [2.24, 2.45) is 0 Å². The maximum Gasteiger partial charge on any atom is 0.0795 e. The largest absolute Gasteiger partial charge is 0.377 e. The van der Waals surface area contributed by atoms with E-state index in [-0.39, 0.29) is 6.10 Å². The highest BCUT2D eigenvalue weighted by atomic mass is 16.5. The highest BCUT2D eigenvalue weighted by molar-refractivity contribution is 5.68. The summed E-state index contributed by atoms with van der Waals surface area (Å²) in [5.41, 5.74) is 2.64. The van der Waals surface area contributed by atoms with Crippen LogP contribution in [0.5, 0.6) is 0 Å². The summed E-state index contributed by atoms with van der Waals surface area (Å²) in [5, 5.41) is 0. The molecule has 0 spiro atoms. The minimum absolute atomic E-state index is 0.232. The summed E-state index contributed by atoms with van der Waals surface area (Å²) < 4.78 is 5.32. The molecule has 1 aromatic carbocycles. The van der Waals surface area contributed by atoms with Gasteiger partial charge in [0.15, 0.2) is 0 Å². The monoisotopic (exact) mass is 186 g/mol. The third-order valence-electron chi connectivity index (χ3n) is 2.49. The van der Waals surface area contributed by atoms with Crippen molar-refractivity contribution >= 4 is 5.57 Å². The van der Waals surface area contributed by atoms with E-state index < -0.39 is 0 Å². The Hall–Kier alpha value is -1.34. The van der Waals surface area contributed by atoms with Crippen LogP contribution in [0, 0.1) is 0 Å². The number of benzene rings is 1. The van der Waals surface area contributed by atoms with Gasteiger partial charge in [-0.3, -0.25) is 0 Å². The van der Waals surface area contributed by atoms with Crippen LogP contribution in [-0.4, -0.2) is 13.2 Å². The molecular weight excluding hydrogens is 172 g/mol. The zero-order valence-corrected chi connectivity index (χ0v) is 8.31. The zero-order valence-electron chi connectivity index (χ0n) is 8.31. The number of rotatable bonds is 2. The van der Waals surface area contributed by atoms with Gasteiger partial charge in [-0.1, -0.05) is 48.6 Å². The fourth-order valence-electron chi connectivity index (χ4n) is 1.68. The Bertz CT molecular complexity index is 349. The quantitative estimate of drug-likeness (QED) is 0.689.